The number of thiophene rings is 1. The summed E-state index contributed by atoms with van der Waals surface area (Å²) in [5, 5.41) is 7.58. The van der Waals surface area contributed by atoms with Gasteiger partial charge in [-0.15, -0.1) is 11.3 Å². The van der Waals surface area contributed by atoms with Crippen molar-refractivity contribution in [1.29, 1.82) is 0 Å². The van der Waals surface area contributed by atoms with Gasteiger partial charge in [0, 0.05) is 17.0 Å². The number of nitrogens with zero attached hydrogens (tertiary/aromatic N) is 1. The predicted octanol–water partition coefficient (Wildman–Crippen LogP) is 3.21. The Bertz CT molecular complexity index is 771. The van der Waals surface area contributed by atoms with Crippen LogP contribution in [0.5, 0.6) is 0 Å². The van der Waals surface area contributed by atoms with Crippen LogP contribution in [0.15, 0.2) is 41.8 Å². The minimum atomic E-state index is -0.402. The van der Waals surface area contributed by atoms with Crippen LogP contribution >= 0.6 is 11.3 Å². The van der Waals surface area contributed by atoms with E-state index in [1.165, 1.54) is 42.0 Å². The molecule has 3 rings (SSSR count). The quantitative estimate of drug-likeness (QED) is 0.746. The van der Waals surface area contributed by atoms with E-state index in [2.05, 4.69) is 33.9 Å². The molecule has 1 aliphatic heterocycles. The Morgan fingerprint density at radius 2 is 1.89 bits per heavy atom. The van der Waals surface area contributed by atoms with Gasteiger partial charge in [0.15, 0.2) is 0 Å². The minimum absolute atomic E-state index is 0.107. The highest BCUT2D eigenvalue weighted by atomic mass is 32.1. The molecule has 1 fully saturated rings. The Morgan fingerprint density at radius 1 is 1.18 bits per heavy atom. The molecule has 5 nitrogen and oxygen atoms in total. The largest absolute Gasteiger partial charge is 0.353 e. The number of nitrogens with one attached hydrogen (secondary N) is 2. The summed E-state index contributed by atoms with van der Waals surface area (Å²) in [4.78, 5) is 28.0. The number of carbonyl (C=O) groups excluding carboxylic acids is 2. The van der Waals surface area contributed by atoms with Gasteiger partial charge in [-0.25, -0.2) is 4.39 Å². The molecule has 2 amide bonds. The summed E-state index contributed by atoms with van der Waals surface area (Å²) >= 11 is 1.70. The van der Waals surface area contributed by atoms with Crippen LogP contribution < -0.4 is 10.6 Å². The molecule has 2 heterocycles. The van der Waals surface area contributed by atoms with E-state index in [1.54, 1.807) is 11.3 Å². The number of carbonyl (C=O) groups is 2. The molecule has 0 aliphatic carbocycles. The van der Waals surface area contributed by atoms with Crippen molar-refractivity contribution in [2.24, 2.45) is 5.92 Å². The molecule has 0 bridgehead atoms. The van der Waals surface area contributed by atoms with Gasteiger partial charge in [0.25, 0.3) is 5.91 Å². The lowest BCUT2D eigenvalue weighted by Gasteiger charge is -2.36. The maximum Gasteiger partial charge on any atom is 0.251 e. The summed E-state index contributed by atoms with van der Waals surface area (Å²) in [6.45, 7) is 4.75. The highest BCUT2D eigenvalue weighted by molar-refractivity contribution is 7.10. The molecular weight excluding hydrogens is 377 g/mol. The molecule has 1 aliphatic rings. The van der Waals surface area contributed by atoms with Gasteiger partial charge in [0.2, 0.25) is 5.91 Å². The van der Waals surface area contributed by atoms with Crippen molar-refractivity contribution in [2.75, 3.05) is 26.2 Å². The van der Waals surface area contributed by atoms with Crippen LogP contribution in [0.1, 0.15) is 41.0 Å². The van der Waals surface area contributed by atoms with Gasteiger partial charge in [0.05, 0.1) is 12.6 Å². The zero-order valence-corrected chi connectivity index (χ0v) is 16.8. The third kappa shape index (κ3) is 5.62. The molecule has 1 atom stereocenters. The highest BCUT2D eigenvalue weighted by Crippen LogP contribution is 2.28. The SMILES string of the molecule is CC1CCN(C(CNC(=O)CNC(=O)c2ccc(F)cc2)c2cccs2)CC1. The van der Waals surface area contributed by atoms with Crippen LogP contribution in [0.3, 0.4) is 0 Å². The fourth-order valence-corrected chi connectivity index (χ4v) is 4.23. The summed E-state index contributed by atoms with van der Waals surface area (Å²) < 4.78 is 12.9. The highest BCUT2D eigenvalue weighted by Gasteiger charge is 2.25. The summed E-state index contributed by atoms with van der Waals surface area (Å²) in [7, 11) is 0. The molecule has 1 aromatic heterocycles. The zero-order valence-electron chi connectivity index (χ0n) is 16.0. The molecular formula is C21H26FN3O2S. The Morgan fingerprint density at radius 3 is 2.54 bits per heavy atom. The fraction of sp³-hybridized carbons (Fsp3) is 0.429. The number of rotatable bonds is 7. The first-order valence-corrected chi connectivity index (χ1v) is 10.5. The molecule has 1 aromatic carbocycles. The van der Waals surface area contributed by atoms with Gasteiger partial charge in [0.1, 0.15) is 5.82 Å². The van der Waals surface area contributed by atoms with E-state index in [9.17, 15) is 14.0 Å². The maximum atomic E-state index is 12.9. The van der Waals surface area contributed by atoms with E-state index in [0.29, 0.717) is 12.1 Å². The van der Waals surface area contributed by atoms with Crippen LogP contribution in [0.4, 0.5) is 4.39 Å². The number of likely N-dealkylation sites (tertiary alicyclic amines) is 1. The second kappa shape index (κ2) is 9.80. The van der Waals surface area contributed by atoms with Gasteiger partial charge in [-0.05, 0) is 67.6 Å². The van der Waals surface area contributed by atoms with Crippen LogP contribution in [0.2, 0.25) is 0 Å². The van der Waals surface area contributed by atoms with Crippen molar-refractivity contribution < 1.29 is 14.0 Å². The molecule has 0 radical (unpaired) electrons. The van der Waals surface area contributed by atoms with Crippen molar-refractivity contribution in [2.45, 2.75) is 25.8 Å². The van der Waals surface area contributed by atoms with Crippen LogP contribution in [-0.2, 0) is 4.79 Å². The van der Waals surface area contributed by atoms with E-state index in [1.807, 2.05) is 6.07 Å². The van der Waals surface area contributed by atoms with E-state index in [-0.39, 0.29) is 18.5 Å². The summed E-state index contributed by atoms with van der Waals surface area (Å²) in [5.41, 5.74) is 0.327. The molecule has 0 spiro atoms. The molecule has 0 saturated carbocycles. The number of halogens is 1. The summed E-state index contributed by atoms with van der Waals surface area (Å²) in [6.07, 6.45) is 2.34. The second-order valence-electron chi connectivity index (χ2n) is 7.24. The average molecular weight is 404 g/mol. The third-order valence-electron chi connectivity index (χ3n) is 5.14. The van der Waals surface area contributed by atoms with Crippen molar-refractivity contribution in [1.82, 2.24) is 15.5 Å². The van der Waals surface area contributed by atoms with E-state index in [0.717, 1.165) is 19.0 Å². The van der Waals surface area contributed by atoms with Crippen molar-refractivity contribution in [3.05, 3.63) is 58.0 Å². The van der Waals surface area contributed by atoms with Crippen LogP contribution in [0, 0.1) is 11.7 Å². The van der Waals surface area contributed by atoms with Crippen molar-refractivity contribution in [3.63, 3.8) is 0 Å². The van der Waals surface area contributed by atoms with Crippen molar-refractivity contribution >= 4 is 23.2 Å². The second-order valence-corrected chi connectivity index (χ2v) is 8.22. The van der Waals surface area contributed by atoms with Gasteiger partial charge in [-0.1, -0.05) is 13.0 Å². The van der Waals surface area contributed by atoms with E-state index < -0.39 is 11.7 Å². The minimum Gasteiger partial charge on any atom is -0.353 e. The summed E-state index contributed by atoms with van der Waals surface area (Å²) in [5.74, 6) is -0.283. The van der Waals surface area contributed by atoms with E-state index in [4.69, 9.17) is 0 Å². The number of piperidine rings is 1. The lowest BCUT2D eigenvalue weighted by atomic mass is 9.97. The number of amides is 2. The normalized spacial score (nSPS) is 16.5. The number of benzene rings is 1. The Labute approximate surface area is 168 Å². The molecule has 2 aromatic rings. The van der Waals surface area contributed by atoms with Crippen LogP contribution in [-0.4, -0.2) is 42.9 Å². The first-order valence-electron chi connectivity index (χ1n) is 9.61. The van der Waals surface area contributed by atoms with Gasteiger partial charge in [-0.3, -0.25) is 14.5 Å². The topological polar surface area (TPSA) is 61.4 Å². The average Bonchev–Trinajstić information content (AvgIpc) is 3.22. The number of hydrogen-bond acceptors (Lipinski definition) is 4. The number of hydrogen-bond donors (Lipinski definition) is 2. The lowest BCUT2D eigenvalue weighted by molar-refractivity contribution is -0.120. The van der Waals surface area contributed by atoms with Crippen molar-refractivity contribution in [3.8, 4) is 0 Å². The van der Waals surface area contributed by atoms with Gasteiger partial charge >= 0.3 is 0 Å². The molecule has 2 N–H and O–H groups in total. The Balaban J connectivity index is 1.50. The Hall–Kier alpha value is -2.25. The van der Waals surface area contributed by atoms with Gasteiger partial charge < -0.3 is 10.6 Å². The first kappa shape index (κ1) is 20.5. The smallest absolute Gasteiger partial charge is 0.251 e. The maximum absolute atomic E-state index is 12.9. The standard InChI is InChI=1S/C21H26FN3O2S/c1-15-8-10-25(11-9-15)18(19-3-2-12-28-19)13-23-20(26)14-24-21(27)16-4-6-17(22)7-5-16/h2-7,12,15,18H,8-11,13-14H2,1H3,(H,23,26)(H,24,27). The third-order valence-corrected chi connectivity index (χ3v) is 6.11. The Kier molecular flexibility index (Phi) is 7.17. The summed E-state index contributed by atoms with van der Waals surface area (Å²) in [6, 6.07) is 9.53. The van der Waals surface area contributed by atoms with Gasteiger partial charge in [-0.2, -0.15) is 0 Å². The first-order chi connectivity index (χ1) is 13.5. The molecule has 1 unspecified atom stereocenters. The van der Waals surface area contributed by atoms with E-state index >= 15 is 0 Å². The fourth-order valence-electron chi connectivity index (χ4n) is 3.37. The lowest BCUT2D eigenvalue weighted by Crippen LogP contribution is -2.44. The zero-order chi connectivity index (χ0) is 19.9. The van der Waals surface area contributed by atoms with Crippen LogP contribution in [0.25, 0.3) is 0 Å². The molecule has 28 heavy (non-hydrogen) atoms. The molecule has 7 heteroatoms. The molecule has 150 valence electrons. The monoisotopic (exact) mass is 403 g/mol. The predicted molar refractivity (Wildman–Crippen MR) is 109 cm³/mol. The molecule has 1 saturated heterocycles.